The molecule has 0 aromatic carbocycles. The molecule has 1 saturated heterocycles. The van der Waals surface area contributed by atoms with Gasteiger partial charge < -0.3 is 4.90 Å². The molecule has 1 heterocycles. The van der Waals surface area contributed by atoms with Crippen molar-refractivity contribution < 1.29 is 4.79 Å². The third-order valence-electron chi connectivity index (χ3n) is 4.12. The number of carbonyl (C=O) groups excluding carboxylic acids is 1. The van der Waals surface area contributed by atoms with Crippen molar-refractivity contribution in [2.45, 2.75) is 67.1 Å². The third-order valence-corrected chi connectivity index (χ3v) is 4.12. The molecule has 1 fully saturated rings. The summed E-state index contributed by atoms with van der Waals surface area (Å²) in [5.74, 6) is 1.37. The Balaban J connectivity index is 2.73. The van der Waals surface area contributed by atoms with E-state index in [1.54, 1.807) is 0 Å². The van der Waals surface area contributed by atoms with Gasteiger partial charge in [-0.05, 0) is 30.6 Å². The molecule has 1 aliphatic rings. The maximum absolute atomic E-state index is 12.2. The van der Waals surface area contributed by atoms with Gasteiger partial charge in [-0.3, -0.25) is 10.1 Å². The molecule has 3 atom stereocenters. The Bertz CT molecular complexity index is 293. The minimum absolute atomic E-state index is 0.0269. The molecule has 0 bridgehead atoms. The lowest BCUT2D eigenvalue weighted by Gasteiger charge is -2.34. The van der Waals surface area contributed by atoms with Crippen LogP contribution < -0.4 is 5.32 Å². The molecule has 3 nitrogen and oxygen atoms in total. The van der Waals surface area contributed by atoms with Gasteiger partial charge in [-0.15, -0.1) is 0 Å². The Morgan fingerprint density at radius 2 is 1.83 bits per heavy atom. The zero-order chi connectivity index (χ0) is 14.1. The third kappa shape index (κ3) is 3.71. The van der Waals surface area contributed by atoms with Crippen LogP contribution in [0.3, 0.4) is 0 Å². The van der Waals surface area contributed by atoms with Gasteiger partial charge in [0.05, 0.1) is 12.2 Å². The summed E-state index contributed by atoms with van der Waals surface area (Å²) >= 11 is 0. The molecule has 0 spiro atoms. The minimum Gasteiger partial charge on any atom is -0.326 e. The van der Waals surface area contributed by atoms with Crippen LogP contribution in [-0.2, 0) is 4.79 Å². The number of carbonyl (C=O) groups is 1. The number of nitrogens with zero attached hydrogens (tertiary/aromatic N) is 1. The maximum atomic E-state index is 12.2. The normalized spacial score (nSPS) is 27.1. The molecule has 3 heteroatoms. The number of hydrogen-bond donors (Lipinski definition) is 1. The SMILES string of the molecule is CC(C)CC1NC(C)C(=O)N1CC(C)C(C)(C)C. The summed E-state index contributed by atoms with van der Waals surface area (Å²) in [5, 5.41) is 3.42. The van der Waals surface area contributed by atoms with Gasteiger partial charge in [0, 0.05) is 6.54 Å². The van der Waals surface area contributed by atoms with Crippen molar-refractivity contribution >= 4 is 5.91 Å². The van der Waals surface area contributed by atoms with E-state index >= 15 is 0 Å². The summed E-state index contributed by atoms with van der Waals surface area (Å²) < 4.78 is 0. The summed E-state index contributed by atoms with van der Waals surface area (Å²) in [6.07, 6.45) is 1.25. The molecule has 0 aliphatic carbocycles. The summed E-state index contributed by atoms with van der Waals surface area (Å²) in [6.45, 7) is 16.2. The van der Waals surface area contributed by atoms with Crippen molar-refractivity contribution in [2.75, 3.05) is 6.54 Å². The molecule has 18 heavy (non-hydrogen) atoms. The molecule has 0 radical (unpaired) electrons. The second-order valence-corrected chi connectivity index (χ2v) is 7.29. The molecule has 1 aliphatic heterocycles. The van der Waals surface area contributed by atoms with E-state index in [0.717, 1.165) is 13.0 Å². The van der Waals surface area contributed by atoms with Crippen LogP contribution in [0.15, 0.2) is 0 Å². The van der Waals surface area contributed by atoms with Crippen LogP contribution in [0.2, 0.25) is 0 Å². The first-order valence-electron chi connectivity index (χ1n) is 7.19. The second kappa shape index (κ2) is 5.60. The lowest BCUT2D eigenvalue weighted by atomic mass is 9.81. The van der Waals surface area contributed by atoms with Crippen LogP contribution in [-0.4, -0.2) is 29.6 Å². The number of amides is 1. The monoisotopic (exact) mass is 254 g/mol. The quantitative estimate of drug-likeness (QED) is 0.836. The van der Waals surface area contributed by atoms with Crippen molar-refractivity contribution in [3.8, 4) is 0 Å². The van der Waals surface area contributed by atoms with Crippen LogP contribution in [0.4, 0.5) is 0 Å². The highest BCUT2D eigenvalue weighted by Gasteiger charge is 2.38. The smallest absolute Gasteiger partial charge is 0.240 e. The average Bonchev–Trinajstić information content (AvgIpc) is 2.43. The van der Waals surface area contributed by atoms with E-state index in [9.17, 15) is 4.79 Å². The lowest BCUT2D eigenvalue weighted by molar-refractivity contribution is -0.130. The summed E-state index contributed by atoms with van der Waals surface area (Å²) in [5.41, 5.74) is 0.245. The highest BCUT2D eigenvalue weighted by molar-refractivity contribution is 5.83. The first-order chi connectivity index (χ1) is 8.12. The molecular weight excluding hydrogens is 224 g/mol. The minimum atomic E-state index is -0.0269. The van der Waals surface area contributed by atoms with Crippen LogP contribution >= 0.6 is 0 Å². The van der Waals surface area contributed by atoms with Gasteiger partial charge >= 0.3 is 0 Å². The highest BCUT2D eigenvalue weighted by Crippen LogP contribution is 2.28. The van der Waals surface area contributed by atoms with Crippen LogP contribution in [0.1, 0.15) is 54.9 Å². The number of hydrogen-bond acceptors (Lipinski definition) is 2. The van der Waals surface area contributed by atoms with Crippen molar-refractivity contribution in [2.24, 2.45) is 17.3 Å². The van der Waals surface area contributed by atoms with Gasteiger partial charge in [0.2, 0.25) is 5.91 Å². The fourth-order valence-corrected chi connectivity index (χ4v) is 2.28. The molecule has 3 unspecified atom stereocenters. The Morgan fingerprint density at radius 1 is 1.28 bits per heavy atom. The standard InChI is InChI=1S/C15H30N2O/c1-10(2)8-13-16-12(4)14(18)17(13)9-11(3)15(5,6)7/h10-13,16H,8-9H2,1-7H3. The Hall–Kier alpha value is -0.570. The van der Waals surface area contributed by atoms with Crippen molar-refractivity contribution in [1.82, 2.24) is 10.2 Å². The summed E-state index contributed by atoms with van der Waals surface area (Å²) in [6, 6.07) is -0.0269. The van der Waals surface area contributed by atoms with E-state index in [1.807, 2.05) is 6.92 Å². The van der Waals surface area contributed by atoms with E-state index < -0.39 is 0 Å². The number of nitrogens with one attached hydrogen (secondary N) is 1. The second-order valence-electron chi connectivity index (χ2n) is 7.29. The first-order valence-corrected chi connectivity index (χ1v) is 7.19. The van der Waals surface area contributed by atoms with Crippen molar-refractivity contribution in [1.29, 1.82) is 0 Å². The Morgan fingerprint density at radius 3 is 2.28 bits per heavy atom. The van der Waals surface area contributed by atoms with Gasteiger partial charge in [0.25, 0.3) is 0 Å². The Labute approximate surface area is 112 Å². The first kappa shape index (κ1) is 15.5. The largest absolute Gasteiger partial charge is 0.326 e. The van der Waals surface area contributed by atoms with Crippen LogP contribution in [0.25, 0.3) is 0 Å². The predicted octanol–water partition coefficient (Wildman–Crippen LogP) is 2.86. The highest BCUT2D eigenvalue weighted by atomic mass is 16.2. The van der Waals surface area contributed by atoms with Gasteiger partial charge in [0.1, 0.15) is 0 Å². The van der Waals surface area contributed by atoms with E-state index in [0.29, 0.717) is 11.8 Å². The predicted molar refractivity (Wildman–Crippen MR) is 76.2 cm³/mol. The fourth-order valence-electron chi connectivity index (χ4n) is 2.28. The maximum Gasteiger partial charge on any atom is 0.240 e. The number of rotatable bonds is 4. The molecule has 0 aromatic rings. The van der Waals surface area contributed by atoms with E-state index in [2.05, 4.69) is 51.8 Å². The molecule has 0 saturated carbocycles. The van der Waals surface area contributed by atoms with Crippen LogP contribution in [0.5, 0.6) is 0 Å². The van der Waals surface area contributed by atoms with Gasteiger partial charge in [0.15, 0.2) is 0 Å². The fraction of sp³-hybridized carbons (Fsp3) is 0.933. The molecular formula is C15H30N2O. The molecule has 1 rings (SSSR count). The van der Waals surface area contributed by atoms with Crippen LogP contribution in [0, 0.1) is 17.3 Å². The van der Waals surface area contributed by atoms with Crippen molar-refractivity contribution in [3.63, 3.8) is 0 Å². The molecule has 106 valence electrons. The van der Waals surface area contributed by atoms with Gasteiger partial charge in [-0.1, -0.05) is 41.5 Å². The molecule has 0 aromatic heterocycles. The average molecular weight is 254 g/mol. The Kier molecular flexibility index (Phi) is 4.82. The van der Waals surface area contributed by atoms with Gasteiger partial charge in [-0.2, -0.15) is 0 Å². The van der Waals surface area contributed by atoms with E-state index in [-0.39, 0.29) is 23.5 Å². The van der Waals surface area contributed by atoms with E-state index in [4.69, 9.17) is 0 Å². The van der Waals surface area contributed by atoms with Gasteiger partial charge in [-0.25, -0.2) is 0 Å². The molecule has 1 amide bonds. The van der Waals surface area contributed by atoms with Crippen molar-refractivity contribution in [3.05, 3.63) is 0 Å². The zero-order valence-electron chi connectivity index (χ0n) is 13.1. The molecule has 1 N–H and O–H groups in total. The van der Waals surface area contributed by atoms with E-state index in [1.165, 1.54) is 0 Å². The topological polar surface area (TPSA) is 32.3 Å². The summed E-state index contributed by atoms with van der Waals surface area (Å²) in [4.78, 5) is 14.3. The summed E-state index contributed by atoms with van der Waals surface area (Å²) in [7, 11) is 0. The zero-order valence-corrected chi connectivity index (χ0v) is 13.1. The lowest BCUT2D eigenvalue weighted by Crippen LogP contribution is -2.43.